The number of nitrogens with zero attached hydrogens (tertiary/aromatic N) is 4. The summed E-state index contributed by atoms with van der Waals surface area (Å²) >= 11 is 0. The Balaban J connectivity index is 1.33. The number of carbonyl (C=O) groups excluding carboxylic acids is 1. The number of aryl methyl sites for hydroxylation is 1. The van der Waals surface area contributed by atoms with Gasteiger partial charge in [0.2, 0.25) is 0 Å². The molecule has 4 rings (SSSR count). The second-order valence-electron chi connectivity index (χ2n) is 8.28. The van der Waals surface area contributed by atoms with Crippen LogP contribution in [0.3, 0.4) is 0 Å². The average molecular weight is 419 g/mol. The third kappa shape index (κ3) is 4.97. The van der Waals surface area contributed by atoms with Crippen molar-refractivity contribution in [3.63, 3.8) is 0 Å². The highest BCUT2D eigenvalue weighted by molar-refractivity contribution is 5.78. The molecule has 1 amide bonds. The maximum absolute atomic E-state index is 13.0. The van der Waals surface area contributed by atoms with Crippen molar-refractivity contribution in [2.75, 3.05) is 27.2 Å². The smallest absolute Gasteiger partial charge is 0.329 e. The molecule has 31 heavy (non-hydrogen) atoms. The Morgan fingerprint density at radius 2 is 1.90 bits per heavy atom. The molecule has 0 aliphatic carbocycles. The number of benzene rings is 2. The summed E-state index contributed by atoms with van der Waals surface area (Å²) in [5, 5.41) is 0. The zero-order valence-corrected chi connectivity index (χ0v) is 18.5. The van der Waals surface area contributed by atoms with Crippen LogP contribution in [0.15, 0.2) is 61.1 Å². The first kappa shape index (κ1) is 21.1. The minimum Gasteiger partial charge on any atom is -0.497 e. The summed E-state index contributed by atoms with van der Waals surface area (Å²) in [6.45, 7) is 4.90. The first-order valence-corrected chi connectivity index (χ1v) is 10.8. The number of likely N-dealkylation sites (tertiary alicyclic amines) is 1. The van der Waals surface area contributed by atoms with Crippen LogP contribution in [0, 0.1) is 6.92 Å². The predicted octanol–water partition coefficient (Wildman–Crippen LogP) is 4.43. The van der Waals surface area contributed by atoms with E-state index in [9.17, 15) is 4.79 Å². The van der Waals surface area contributed by atoms with Gasteiger partial charge < -0.3 is 9.64 Å². The first-order chi connectivity index (χ1) is 15.0. The largest absolute Gasteiger partial charge is 0.497 e. The molecule has 0 radical (unpaired) electrons. The van der Waals surface area contributed by atoms with Crippen molar-refractivity contribution < 1.29 is 9.53 Å². The van der Waals surface area contributed by atoms with Gasteiger partial charge in [-0.3, -0.25) is 9.47 Å². The number of amides is 1. The van der Waals surface area contributed by atoms with E-state index >= 15 is 0 Å². The van der Waals surface area contributed by atoms with Crippen LogP contribution in [0.1, 0.15) is 24.0 Å². The van der Waals surface area contributed by atoms with Crippen LogP contribution < -0.4 is 4.74 Å². The number of carbonyl (C=O) groups is 1. The van der Waals surface area contributed by atoms with E-state index in [2.05, 4.69) is 41.1 Å². The summed E-state index contributed by atoms with van der Waals surface area (Å²) in [5.74, 6) is 0.892. The zero-order valence-electron chi connectivity index (χ0n) is 18.5. The Morgan fingerprint density at radius 3 is 2.61 bits per heavy atom. The van der Waals surface area contributed by atoms with Crippen molar-refractivity contribution in [2.24, 2.45) is 0 Å². The molecule has 6 nitrogen and oxygen atoms in total. The Hall–Kier alpha value is -3.12. The lowest BCUT2D eigenvalue weighted by Crippen LogP contribution is -2.46. The van der Waals surface area contributed by atoms with Gasteiger partial charge >= 0.3 is 6.03 Å². The maximum Gasteiger partial charge on any atom is 0.329 e. The van der Waals surface area contributed by atoms with E-state index in [0.29, 0.717) is 0 Å². The first-order valence-electron chi connectivity index (χ1n) is 10.8. The highest BCUT2D eigenvalue weighted by atomic mass is 16.5. The van der Waals surface area contributed by atoms with E-state index in [4.69, 9.17) is 4.74 Å². The monoisotopic (exact) mass is 418 g/mol. The van der Waals surface area contributed by atoms with Crippen LogP contribution in [-0.2, 0) is 6.54 Å². The number of rotatable bonds is 5. The van der Waals surface area contributed by atoms with Gasteiger partial charge in [0.25, 0.3) is 0 Å². The van der Waals surface area contributed by atoms with Crippen molar-refractivity contribution in [1.82, 2.24) is 19.4 Å². The molecule has 2 aromatic carbocycles. The molecule has 0 bridgehead atoms. The molecule has 0 atom stereocenters. The number of aromatic nitrogens is 2. The molecule has 1 saturated heterocycles. The number of imidazole rings is 1. The molecule has 6 heteroatoms. The minimum absolute atomic E-state index is 0.0305. The summed E-state index contributed by atoms with van der Waals surface area (Å²) < 4.78 is 6.92. The number of methoxy groups -OCH3 is 1. The van der Waals surface area contributed by atoms with Gasteiger partial charge in [-0.2, -0.15) is 0 Å². The second-order valence-corrected chi connectivity index (χ2v) is 8.28. The molecule has 1 aliphatic heterocycles. The number of hydrogen-bond donors (Lipinski definition) is 0. The van der Waals surface area contributed by atoms with E-state index in [1.807, 2.05) is 42.4 Å². The van der Waals surface area contributed by atoms with Crippen molar-refractivity contribution in [3.8, 4) is 17.0 Å². The van der Waals surface area contributed by atoms with Crippen LogP contribution in [0.25, 0.3) is 11.3 Å². The minimum atomic E-state index is -0.0305. The van der Waals surface area contributed by atoms with E-state index in [0.717, 1.165) is 49.5 Å². The van der Waals surface area contributed by atoms with Gasteiger partial charge in [-0.1, -0.05) is 42.0 Å². The predicted molar refractivity (Wildman–Crippen MR) is 122 cm³/mol. The zero-order chi connectivity index (χ0) is 21.8. The van der Waals surface area contributed by atoms with Crippen LogP contribution in [0.2, 0.25) is 0 Å². The number of ether oxygens (including phenoxy) is 1. The fourth-order valence-electron chi connectivity index (χ4n) is 4.13. The van der Waals surface area contributed by atoms with E-state index in [1.54, 1.807) is 18.0 Å². The van der Waals surface area contributed by atoms with Crippen LogP contribution in [-0.4, -0.2) is 58.7 Å². The number of hydrogen-bond acceptors (Lipinski definition) is 4. The fourth-order valence-corrected chi connectivity index (χ4v) is 4.13. The Morgan fingerprint density at radius 1 is 1.16 bits per heavy atom. The Labute approximate surface area is 184 Å². The van der Waals surface area contributed by atoms with Gasteiger partial charge in [-0.15, -0.1) is 0 Å². The lowest BCUT2D eigenvalue weighted by atomic mass is 10.0. The van der Waals surface area contributed by atoms with Gasteiger partial charge in [0, 0.05) is 44.5 Å². The van der Waals surface area contributed by atoms with Crippen LogP contribution in [0.4, 0.5) is 4.79 Å². The normalized spacial score (nSPS) is 15.1. The maximum atomic E-state index is 13.0. The van der Waals surface area contributed by atoms with Gasteiger partial charge in [-0.25, -0.2) is 9.78 Å². The lowest BCUT2D eigenvalue weighted by molar-refractivity contribution is 0.132. The molecule has 162 valence electrons. The molecule has 0 unspecified atom stereocenters. The topological polar surface area (TPSA) is 50.6 Å². The highest BCUT2D eigenvalue weighted by Gasteiger charge is 2.26. The highest BCUT2D eigenvalue weighted by Crippen LogP contribution is 2.21. The fraction of sp³-hybridized carbons (Fsp3) is 0.360. The molecule has 3 aromatic rings. The molecule has 0 saturated carbocycles. The summed E-state index contributed by atoms with van der Waals surface area (Å²) in [4.78, 5) is 21.7. The van der Waals surface area contributed by atoms with Crippen molar-refractivity contribution in [1.29, 1.82) is 0 Å². The van der Waals surface area contributed by atoms with E-state index in [1.165, 1.54) is 11.1 Å². The van der Waals surface area contributed by atoms with Gasteiger partial charge in [-0.05, 0) is 37.5 Å². The molecule has 0 spiro atoms. The molecule has 1 fully saturated rings. The van der Waals surface area contributed by atoms with Crippen molar-refractivity contribution in [3.05, 3.63) is 72.2 Å². The Bertz CT molecular complexity index is 1020. The third-order valence-corrected chi connectivity index (χ3v) is 6.10. The molecular formula is C25H30N4O2. The molecular weight excluding hydrogens is 388 g/mol. The molecule has 1 aliphatic rings. The van der Waals surface area contributed by atoms with Crippen LogP contribution >= 0.6 is 0 Å². The lowest BCUT2D eigenvalue weighted by Gasteiger charge is -2.36. The summed E-state index contributed by atoms with van der Waals surface area (Å²) in [7, 11) is 3.59. The summed E-state index contributed by atoms with van der Waals surface area (Å²) in [6, 6.07) is 16.6. The van der Waals surface area contributed by atoms with Crippen LogP contribution in [0.5, 0.6) is 5.75 Å². The van der Waals surface area contributed by atoms with E-state index in [-0.39, 0.29) is 12.1 Å². The van der Waals surface area contributed by atoms with Gasteiger partial charge in [0.1, 0.15) is 12.1 Å². The third-order valence-electron chi connectivity index (χ3n) is 6.10. The second kappa shape index (κ2) is 9.35. The SMILES string of the molecule is COc1cccc(CN2CCC(N(C)C(=O)n3cnc(-c4ccc(C)cc4)c3)CC2)c1. The standard InChI is InChI=1S/C25H30N4O2/c1-19-7-9-21(10-8-19)24-17-29(18-26-24)25(30)27(2)22-11-13-28(14-12-22)16-20-5-4-6-23(15-20)31-3/h4-10,15,17-18,22H,11-14,16H2,1-3H3. The quantitative estimate of drug-likeness (QED) is 0.615. The summed E-state index contributed by atoms with van der Waals surface area (Å²) in [5.41, 5.74) is 4.29. The molecule has 2 heterocycles. The molecule has 0 N–H and O–H groups in total. The average Bonchev–Trinajstić information content (AvgIpc) is 3.29. The van der Waals surface area contributed by atoms with Gasteiger partial charge in [0.05, 0.1) is 12.8 Å². The molecule has 1 aromatic heterocycles. The van der Waals surface area contributed by atoms with Crippen molar-refractivity contribution >= 4 is 6.03 Å². The van der Waals surface area contributed by atoms with E-state index < -0.39 is 0 Å². The van der Waals surface area contributed by atoms with Gasteiger partial charge in [0.15, 0.2) is 0 Å². The number of piperidine rings is 1. The Kier molecular flexibility index (Phi) is 6.37. The summed E-state index contributed by atoms with van der Waals surface area (Å²) in [6.07, 6.45) is 5.37. The van der Waals surface area contributed by atoms with Crippen molar-refractivity contribution in [2.45, 2.75) is 32.4 Å².